The average molecular weight is 441 g/mol. The smallest absolute Gasteiger partial charge is 0.249 e. The Morgan fingerprint density at radius 1 is 1.12 bits per heavy atom. The number of anilines is 1. The van der Waals surface area contributed by atoms with Gasteiger partial charge >= 0.3 is 0 Å². The molecule has 2 aromatic heterocycles. The van der Waals surface area contributed by atoms with Gasteiger partial charge in [-0.1, -0.05) is 30.3 Å². The number of nitriles is 1. The number of hydrogen-bond donors (Lipinski definition) is 1. The summed E-state index contributed by atoms with van der Waals surface area (Å²) in [6.45, 7) is -0.197. The van der Waals surface area contributed by atoms with Crippen LogP contribution in [0.5, 0.6) is 0 Å². The van der Waals surface area contributed by atoms with Crippen LogP contribution in [0.25, 0.3) is 17.1 Å². The molecule has 0 atom stereocenters. The Bertz CT molecular complexity index is 1370. The van der Waals surface area contributed by atoms with E-state index in [1.807, 2.05) is 34.9 Å². The molecule has 0 radical (unpaired) electrons. The zero-order valence-corrected chi connectivity index (χ0v) is 17.7. The Labute approximate surface area is 189 Å². The predicted molar refractivity (Wildman–Crippen MR) is 119 cm³/mol. The highest BCUT2D eigenvalue weighted by Gasteiger charge is 2.27. The number of nitrogens with one attached hydrogen (secondary N) is 1. The van der Waals surface area contributed by atoms with Crippen LogP contribution in [0.3, 0.4) is 0 Å². The van der Waals surface area contributed by atoms with Gasteiger partial charge in [-0.15, -0.1) is 10.2 Å². The molecule has 9 heteroatoms. The van der Waals surface area contributed by atoms with E-state index in [0.29, 0.717) is 16.9 Å². The van der Waals surface area contributed by atoms with E-state index in [4.69, 9.17) is 0 Å². The molecule has 164 valence electrons. The van der Waals surface area contributed by atoms with Crippen LogP contribution in [0.2, 0.25) is 0 Å². The summed E-state index contributed by atoms with van der Waals surface area (Å²) in [7, 11) is 0. The molecule has 33 heavy (non-hydrogen) atoms. The fourth-order valence-corrected chi connectivity index (χ4v) is 4.25. The molecule has 0 unspecified atom stereocenters. The van der Waals surface area contributed by atoms with Crippen molar-refractivity contribution in [1.82, 2.24) is 24.8 Å². The fraction of sp³-hybridized carbons (Fsp3) is 0.208. The van der Waals surface area contributed by atoms with Crippen molar-refractivity contribution in [2.24, 2.45) is 0 Å². The number of nitrogens with zero attached hydrogens (tertiary/aromatic N) is 6. The summed E-state index contributed by atoms with van der Waals surface area (Å²) in [5.41, 5.74) is 3.91. The Morgan fingerprint density at radius 3 is 2.73 bits per heavy atom. The minimum atomic E-state index is -0.406. The van der Waals surface area contributed by atoms with Crippen molar-refractivity contribution in [1.29, 1.82) is 5.26 Å². The predicted octanol–water partition coefficient (Wildman–Crippen LogP) is 3.66. The van der Waals surface area contributed by atoms with Crippen LogP contribution < -0.4 is 5.32 Å². The first kappa shape index (κ1) is 20.6. The number of aromatic nitrogens is 5. The molecule has 0 fully saturated rings. The molecule has 2 aromatic carbocycles. The summed E-state index contributed by atoms with van der Waals surface area (Å²) in [6, 6.07) is 17.8. The standard InChI is InChI=1S/C24H20FN7O/c25-17-8-6-7-16(13-17)23-28-30-31(29-23)15-22(33)27-24-20(14-26)19-11-4-5-12-21(19)32(24)18-9-2-1-3-10-18/h1-3,6-10,13H,4-5,11-12,15H2,(H,27,33). The Kier molecular flexibility index (Phi) is 5.40. The van der Waals surface area contributed by atoms with Crippen LogP contribution in [-0.2, 0) is 24.2 Å². The number of carbonyl (C=O) groups is 1. The second-order valence-electron chi connectivity index (χ2n) is 7.84. The highest BCUT2D eigenvalue weighted by molar-refractivity contribution is 5.92. The number of tetrazole rings is 1. The van der Waals surface area contributed by atoms with Crippen molar-refractivity contribution in [2.45, 2.75) is 32.2 Å². The number of carbonyl (C=O) groups excluding carboxylic acids is 1. The van der Waals surface area contributed by atoms with Gasteiger partial charge in [0.05, 0.1) is 5.56 Å². The molecule has 0 spiro atoms. The highest BCUT2D eigenvalue weighted by atomic mass is 19.1. The Hall–Kier alpha value is -4.32. The molecule has 1 amide bonds. The molecule has 1 N–H and O–H groups in total. The van der Waals surface area contributed by atoms with Gasteiger partial charge in [0.1, 0.15) is 24.2 Å². The molecular weight excluding hydrogens is 421 g/mol. The van der Waals surface area contributed by atoms with Gasteiger partial charge in [-0.2, -0.15) is 10.1 Å². The molecule has 8 nitrogen and oxygen atoms in total. The molecule has 0 saturated carbocycles. The van der Waals surface area contributed by atoms with Crippen molar-refractivity contribution < 1.29 is 9.18 Å². The van der Waals surface area contributed by atoms with Gasteiger partial charge in [0.25, 0.3) is 0 Å². The largest absolute Gasteiger partial charge is 0.309 e. The van der Waals surface area contributed by atoms with Crippen LogP contribution in [0.1, 0.15) is 29.7 Å². The maximum Gasteiger partial charge on any atom is 0.249 e. The minimum Gasteiger partial charge on any atom is -0.309 e. The lowest BCUT2D eigenvalue weighted by molar-refractivity contribution is -0.117. The third-order valence-electron chi connectivity index (χ3n) is 5.68. The minimum absolute atomic E-state index is 0.197. The first-order valence-electron chi connectivity index (χ1n) is 10.7. The number of halogens is 1. The van der Waals surface area contributed by atoms with Gasteiger partial charge in [0, 0.05) is 16.9 Å². The van der Waals surface area contributed by atoms with E-state index >= 15 is 0 Å². The van der Waals surface area contributed by atoms with Crippen LogP contribution in [0, 0.1) is 17.1 Å². The summed E-state index contributed by atoms with van der Waals surface area (Å²) in [6.07, 6.45) is 3.70. The first-order valence-corrected chi connectivity index (χ1v) is 10.7. The molecular formula is C24H20FN7O. The maximum absolute atomic E-state index is 13.5. The number of para-hydroxylation sites is 1. The quantitative estimate of drug-likeness (QED) is 0.509. The second kappa shape index (κ2) is 8.67. The first-order chi connectivity index (χ1) is 16.1. The Morgan fingerprint density at radius 2 is 1.94 bits per heavy atom. The lowest BCUT2D eigenvalue weighted by atomic mass is 9.95. The molecule has 4 aromatic rings. The summed E-state index contributed by atoms with van der Waals surface area (Å²) in [5.74, 6) is -0.104. The maximum atomic E-state index is 13.5. The third-order valence-corrected chi connectivity index (χ3v) is 5.68. The number of hydrogen-bond acceptors (Lipinski definition) is 5. The van der Waals surface area contributed by atoms with E-state index < -0.39 is 5.82 Å². The zero-order valence-electron chi connectivity index (χ0n) is 17.7. The highest BCUT2D eigenvalue weighted by Crippen LogP contribution is 2.35. The summed E-state index contributed by atoms with van der Waals surface area (Å²) in [5, 5.41) is 24.8. The van der Waals surface area contributed by atoms with E-state index in [2.05, 4.69) is 26.8 Å². The summed E-state index contributed by atoms with van der Waals surface area (Å²) < 4.78 is 15.5. The number of fused-ring (bicyclic) bond motifs is 1. The average Bonchev–Trinajstić information content (AvgIpc) is 3.41. The lowest BCUT2D eigenvalue weighted by Gasteiger charge is -2.17. The molecule has 0 bridgehead atoms. The normalized spacial score (nSPS) is 12.7. The van der Waals surface area contributed by atoms with Crippen LogP contribution >= 0.6 is 0 Å². The third kappa shape index (κ3) is 3.99. The molecule has 1 aliphatic rings. The van der Waals surface area contributed by atoms with E-state index in [1.165, 1.54) is 12.1 Å². The lowest BCUT2D eigenvalue weighted by Crippen LogP contribution is -2.22. The van der Waals surface area contributed by atoms with E-state index in [1.54, 1.807) is 12.1 Å². The van der Waals surface area contributed by atoms with Crippen molar-refractivity contribution >= 4 is 11.7 Å². The van der Waals surface area contributed by atoms with Crippen LogP contribution in [0.4, 0.5) is 10.2 Å². The van der Waals surface area contributed by atoms with Gasteiger partial charge in [-0.3, -0.25) is 9.36 Å². The number of benzene rings is 2. The number of rotatable bonds is 5. The van der Waals surface area contributed by atoms with Gasteiger partial charge < -0.3 is 5.32 Å². The molecule has 0 saturated heterocycles. The van der Waals surface area contributed by atoms with E-state index in [-0.39, 0.29) is 18.3 Å². The van der Waals surface area contributed by atoms with Gasteiger partial charge in [-0.25, -0.2) is 4.39 Å². The molecule has 5 rings (SSSR count). The van der Waals surface area contributed by atoms with E-state index in [0.717, 1.165) is 47.4 Å². The monoisotopic (exact) mass is 441 g/mol. The van der Waals surface area contributed by atoms with Crippen LogP contribution in [-0.4, -0.2) is 30.7 Å². The SMILES string of the molecule is N#Cc1c2c(n(-c3ccccc3)c1NC(=O)Cn1nnc(-c3cccc(F)c3)n1)CCCC2. The molecule has 0 aliphatic heterocycles. The zero-order chi connectivity index (χ0) is 22.8. The van der Waals surface area contributed by atoms with Crippen molar-refractivity contribution in [3.63, 3.8) is 0 Å². The summed E-state index contributed by atoms with van der Waals surface area (Å²) >= 11 is 0. The number of amides is 1. The van der Waals surface area contributed by atoms with Gasteiger partial charge in [0.2, 0.25) is 11.7 Å². The molecule has 2 heterocycles. The topological polar surface area (TPSA) is 101 Å². The van der Waals surface area contributed by atoms with Crippen molar-refractivity contribution in [3.8, 4) is 23.1 Å². The van der Waals surface area contributed by atoms with Crippen LogP contribution in [0.15, 0.2) is 54.6 Å². The Balaban J connectivity index is 1.44. The van der Waals surface area contributed by atoms with Gasteiger partial charge in [-0.05, 0) is 60.7 Å². The molecule has 1 aliphatic carbocycles. The van der Waals surface area contributed by atoms with Gasteiger partial charge in [0.15, 0.2) is 0 Å². The van der Waals surface area contributed by atoms with Crippen molar-refractivity contribution in [2.75, 3.05) is 5.32 Å². The van der Waals surface area contributed by atoms with E-state index in [9.17, 15) is 14.4 Å². The van der Waals surface area contributed by atoms with Crippen molar-refractivity contribution in [3.05, 3.63) is 77.2 Å². The fourth-order valence-electron chi connectivity index (χ4n) is 4.25. The summed E-state index contributed by atoms with van der Waals surface area (Å²) in [4.78, 5) is 14.1. The second-order valence-corrected chi connectivity index (χ2v) is 7.84.